The van der Waals surface area contributed by atoms with Crippen LogP contribution in [-0.4, -0.2) is 17.7 Å². The van der Waals surface area contributed by atoms with E-state index in [-0.39, 0.29) is 9.98 Å². The summed E-state index contributed by atoms with van der Waals surface area (Å²) in [5.74, 6) is 0. The second kappa shape index (κ2) is 5.46. The van der Waals surface area contributed by atoms with Crippen LogP contribution in [0.25, 0.3) is 0 Å². The zero-order valence-corrected chi connectivity index (χ0v) is 11.2. The van der Waals surface area contributed by atoms with Gasteiger partial charge in [0.25, 0.3) is 0 Å². The predicted octanol–water partition coefficient (Wildman–Crippen LogP) is 2.23. The van der Waals surface area contributed by atoms with Gasteiger partial charge in [-0.2, -0.15) is 0 Å². The Hall–Kier alpha value is -1.46. The molecule has 0 aliphatic rings. The van der Waals surface area contributed by atoms with Gasteiger partial charge in [-0.1, -0.05) is 36.4 Å². The highest BCUT2D eigenvalue weighted by Crippen LogP contribution is 2.15. The SMILES string of the molecule is O=[S@](CS(=O)(=O)c1ccccc1)c1ccccc1. The third-order valence-corrected chi connectivity index (χ3v) is 6.26. The van der Waals surface area contributed by atoms with E-state index in [0.717, 1.165) is 0 Å². The fraction of sp³-hybridized carbons (Fsp3) is 0.0769. The van der Waals surface area contributed by atoms with Crippen LogP contribution >= 0.6 is 0 Å². The fourth-order valence-corrected chi connectivity index (χ4v) is 4.73. The first-order valence-electron chi connectivity index (χ1n) is 5.31. The van der Waals surface area contributed by atoms with Crippen molar-refractivity contribution in [3.63, 3.8) is 0 Å². The van der Waals surface area contributed by atoms with Gasteiger partial charge in [-0.3, -0.25) is 4.21 Å². The predicted molar refractivity (Wildman–Crippen MR) is 71.3 cm³/mol. The zero-order chi connectivity index (χ0) is 13.0. The first kappa shape index (κ1) is 13.0. The minimum absolute atomic E-state index is 0.203. The lowest BCUT2D eigenvalue weighted by atomic mass is 10.4. The minimum Gasteiger partial charge on any atom is -0.253 e. The largest absolute Gasteiger partial charge is 0.253 e. The van der Waals surface area contributed by atoms with Crippen LogP contribution in [0.5, 0.6) is 0 Å². The van der Waals surface area contributed by atoms with Gasteiger partial charge in [0.2, 0.25) is 0 Å². The summed E-state index contributed by atoms with van der Waals surface area (Å²) in [6, 6.07) is 16.7. The standard InChI is InChI=1S/C13H12O3S2/c14-17(12-7-3-1-4-8-12)11-18(15,16)13-9-5-2-6-10-13/h1-10H,11H2/t17-/m1/s1. The normalized spacial score (nSPS) is 13.1. The van der Waals surface area contributed by atoms with E-state index in [1.54, 1.807) is 48.5 Å². The van der Waals surface area contributed by atoms with Crippen LogP contribution < -0.4 is 0 Å². The average molecular weight is 280 g/mol. The molecule has 2 aromatic carbocycles. The highest BCUT2D eigenvalue weighted by atomic mass is 32.3. The molecule has 1 atom stereocenters. The minimum atomic E-state index is -3.51. The Kier molecular flexibility index (Phi) is 3.93. The van der Waals surface area contributed by atoms with E-state index in [0.29, 0.717) is 4.90 Å². The quantitative estimate of drug-likeness (QED) is 0.863. The Labute approximate surface area is 109 Å². The summed E-state index contributed by atoms with van der Waals surface area (Å²) in [6.07, 6.45) is 0. The van der Waals surface area contributed by atoms with Crippen molar-refractivity contribution in [2.75, 3.05) is 5.08 Å². The van der Waals surface area contributed by atoms with Crippen LogP contribution in [0.4, 0.5) is 0 Å². The highest BCUT2D eigenvalue weighted by Gasteiger charge is 2.18. The summed E-state index contributed by atoms with van der Waals surface area (Å²) >= 11 is 0. The molecule has 0 aromatic heterocycles. The monoisotopic (exact) mass is 280 g/mol. The fourth-order valence-electron chi connectivity index (χ4n) is 1.48. The van der Waals surface area contributed by atoms with Crippen molar-refractivity contribution in [2.45, 2.75) is 9.79 Å². The van der Waals surface area contributed by atoms with Gasteiger partial charge in [0, 0.05) is 4.90 Å². The molecule has 94 valence electrons. The van der Waals surface area contributed by atoms with Crippen molar-refractivity contribution in [1.82, 2.24) is 0 Å². The van der Waals surface area contributed by atoms with Gasteiger partial charge >= 0.3 is 0 Å². The summed E-state index contributed by atoms with van der Waals surface area (Å²) in [6.45, 7) is 0. The van der Waals surface area contributed by atoms with Gasteiger partial charge in [-0.15, -0.1) is 0 Å². The van der Waals surface area contributed by atoms with E-state index < -0.39 is 20.6 Å². The maximum atomic E-state index is 12.0. The molecular formula is C13H12O3S2. The molecule has 0 saturated carbocycles. The molecule has 0 fully saturated rings. The summed E-state index contributed by atoms with van der Waals surface area (Å²) < 4.78 is 36.0. The number of sulfone groups is 1. The lowest BCUT2D eigenvalue weighted by molar-refractivity contribution is 0.600. The first-order chi connectivity index (χ1) is 8.59. The molecule has 0 saturated heterocycles. The molecule has 5 heteroatoms. The number of hydrogen-bond donors (Lipinski definition) is 0. The molecule has 0 aliphatic carbocycles. The Morgan fingerprint density at radius 3 is 1.89 bits per heavy atom. The van der Waals surface area contributed by atoms with Crippen LogP contribution in [0.2, 0.25) is 0 Å². The number of hydrogen-bond acceptors (Lipinski definition) is 3. The molecule has 0 amide bonds. The Balaban J connectivity index is 2.23. The zero-order valence-electron chi connectivity index (χ0n) is 9.52. The molecule has 0 spiro atoms. The van der Waals surface area contributed by atoms with Gasteiger partial charge in [-0.05, 0) is 24.3 Å². The van der Waals surface area contributed by atoms with Crippen molar-refractivity contribution in [2.24, 2.45) is 0 Å². The molecule has 2 aromatic rings. The Bertz CT molecular complexity index is 634. The van der Waals surface area contributed by atoms with Crippen molar-refractivity contribution in [3.05, 3.63) is 60.7 Å². The number of rotatable bonds is 4. The molecule has 2 rings (SSSR count). The smallest absolute Gasteiger partial charge is 0.190 e. The van der Waals surface area contributed by atoms with Crippen LogP contribution in [0.15, 0.2) is 70.5 Å². The van der Waals surface area contributed by atoms with Gasteiger partial charge in [0.05, 0.1) is 15.7 Å². The van der Waals surface area contributed by atoms with E-state index in [4.69, 9.17) is 0 Å². The first-order valence-corrected chi connectivity index (χ1v) is 8.28. The molecule has 0 radical (unpaired) electrons. The van der Waals surface area contributed by atoms with Gasteiger partial charge in [0.15, 0.2) is 9.84 Å². The number of benzene rings is 2. The summed E-state index contributed by atoms with van der Waals surface area (Å²) in [5.41, 5.74) is 0. The highest BCUT2D eigenvalue weighted by molar-refractivity contribution is 8.05. The van der Waals surface area contributed by atoms with Gasteiger partial charge < -0.3 is 0 Å². The second-order valence-electron chi connectivity index (χ2n) is 3.70. The molecule has 3 nitrogen and oxygen atoms in total. The van der Waals surface area contributed by atoms with Crippen LogP contribution in [0.1, 0.15) is 0 Å². The van der Waals surface area contributed by atoms with E-state index in [9.17, 15) is 12.6 Å². The Morgan fingerprint density at radius 1 is 0.833 bits per heavy atom. The Morgan fingerprint density at radius 2 is 1.33 bits per heavy atom. The van der Waals surface area contributed by atoms with Crippen LogP contribution in [0.3, 0.4) is 0 Å². The lowest BCUT2D eigenvalue weighted by Gasteiger charge is -2.04. The summed E-state index contributed by atoms with van der Waals surface area (Å²) in [4.78, 5) is 0.728. The maximum Gasteiger partial charge on any atom is 0.190 e. The van der Waals surface area contributed by atoms with E-state index >= 15 is 0 Å². The van der Waals surface area contributed by atoms with Gasteiger partial charge in [-0.25, -0.2) is 8.42 Å². The van der Waals surface area contributed by atoms with Crippen molar-refractivity contribution >= 4 is 20.6 Å². The van der Waals surface area contributed by atoms with E-state index in [2.05, 4.69) is 0 Å². The van der Waals surface area contributed by atoms with E-state index in [1.165, 1.54) is 12.1 Å². The molecule has 0 bridgehead atoms. The summed E-state index contributed by atoms with van der Waals surface area (Å²) in [5, 5.41) is -0.388. The molecule has 18 heavy (non-hydrogen) atoms. The molecule has 0 heterocycles. The van der Waals surface area contributed by atoms with Gasteiger partial charge in [0.1, 0.15) is 5.08 Å². The lowest BCUT2D eigenvalue weighted by Crippen LogP contribution is -2.11. The summed E-state index contributed by atoms with van der Waals surface area (Å²) in [7, 11) is -5.05. The van der Waals surface area contributed by atoms with Crippen molar-refractivity contribution < 1.29 is 12.6 Å². The third kappa shape index (κ3) is 3.05. The van der Waals surface area contributed by atoms with Crippen molar-refractivity contribution in [3.8, 4) is 0 Å². The average Bonchev–Trinajstić information content (AvgIpc) is 2.40. The molecule has 0 unspecified atom stereocenters. The molecule has 0 aliphatic heterocycles. The van der Waals surface area contributed by atoms with Crippen LogP contribution in [-0.2, 0) is 20.6 Å². The molecule has 0 N–H and O–H groups in total. The second-order valence-corrected chi connectivity index (χ2v) is 7.51. The maximum absolute atomic E-state index is 12.0. The topological polar surface area (TPSA) is 51.2 Å². The van der Waals surface area contributed by atoms with E-state index in [1.807, 2.05) is 0 Å². The van der Waals surface area contributed by atoms with Crippen molar-refractivity contribution in [1.29, 1.82) is 0 Å². The van der Waals surface area contributed by atoms with Crippen LogP contribution in [0, 0.1) is 0 Å². The third-order valence-electron chi connectivity index (χ3n) is 2.37. The molecular weight excluding hydrogens is 268 g/mol.